The van der Waals surface area contributed by atoms with Crippen molar-refractivity contribution >= 4 is 21.8 Å². The van der Waals surface area contributed by atoms with E-state index in [9.17, 15) is 9.90 Å². The van der Waals surface area contributed by atoms with Crippen LogP contribution >= 0.6 is 15.9 Å². The van der Waals surface area contributed by atoms with Crippen LogP contribution in [0.3, 0.4) is 0 Å². The molecule has 132 valence electrons. The lowest BCUT2D eigenvalue weighted by molar-refractivity contribution is -0.133. The minimum Gasteiger partial charge on any atom is -0.439 e. The highest BCUT2D eigenvalue weighted by molar-refractivity contribution is 9.10. The first-order chi connectivity index (χ1) is 12.0. The van der Waals surface area contributed by atoms with Crippen molar-refractivity contribution in [3.63, 3.8) is 0 Å². The van der Waals surface area contributed by atoms with Crippen molar-refractivity contribution in [1.29, 1.82) is 0 Å². The van der Waals surface area contributed by atoms with E-state index in [4.69, 9.17) is 4.42 Å². The second-order valence-corrected chi connectivity index (χ2v) is 7.58. The number of aliphatic hydroxyl groups excluding tert-OH is 1. The van der Waals surface area contributed by atoms with Crippen LogP contribution in [0.1, 0.15) is 23.4 Å². The van der Waals surface area contributed by atoms with Gasteiger partial charge in [-0.1, -0.05) is 22.0 Å². The van der Waals surface area contributed by atoms with Gasteiger partial charge in [0, 0.05) is 23.1 Å². The molecule has 4 rings (SSSR count). The lowest BCUT2D eigenvalue weighted by Crippen LogP contribution is -2.37. The molecule has 2 aliphatic heterocycles. The Morgan fingerprint density at radius 2 is 2.28 bits per heavy atom. The number of rotatable bonds is 3. The van der Waals surface area contributed by atoms with E-state index in [1.54, 1.807) is 4.90 Å². The second-order valence-electron chi connectivity index (χ2n) is 6.73. The molecule has 1 aromatic carbocycles. The molecule has 1 atom stereocenters. The molecule has 0 aliphatic carbocycles. The predicted octanol–water partition coefficient (Wildman–Crippen LogP) is 2.32. The van der Waals surface area contributed by atoms with E-state index >= 15 is 0 Å². The van der Waals surface area contributed by atoms with Crippen molar-refractivity contribution in [3.05, 3.63) is 39.7 Å². The summed E-state index contributed by atoms with van der Waals surface area (Å²) in [6, 6.07) is 5.94. The van der Waals surface area contributed by atoms with Crippen molar-refractivity contribution < 1.29 is 14.3 Å². The van der Waals surface area contributed by atoms with Crippen molar-refractivity contribution in [3.8, 4) is 11.5 Å². The van der Waals surface area contributed by atoms with Gasteiger partial charge in [0.25, 0.3) is 0 Å². The summed E-state index contributed by atoms with van der Waals surface area (Å²) < 4.78 is 6.96. The highest BCUT2D eigenvalue weighted by Crippen LogP contribution is 2.32. The molecule has 0 saturated carbocycles. The molecule has 0 spiro atoms. The third kappa shape index (κ3) is 3.23. The first-order valence-electron chi connectivity index (χ1n) is 8.43. The Morgan fingerprint density at radius 1 is 1.44 bits per heavy atom. The molecular weight excluding hydrogens is 386 g/mol. The number of aromatic nitrogens is 1. The van der Waals surface area contributed by atoms with E-state index in [0.29, 0.717) is 32.1 Å². The van der Waals surface area contributed by atoms with E-state index in [2.05, 4.69) is 20.9 Å². The number of β-amino-alcohol motifs (C(OH)–C–C–N with tert-alkyl or cyclic N) is 1. The van der Waals surface area contributed by atoms with Crippen LogP contribution in [0.2, 0.25) is 0 Å². The van der Waals surface area contributed by atoms with E-state index in [1.165, 1.54) is 0 Å². The third-order valence-corrected chi connectivity index (χ3v) is 5.77. The van der Waals surface area contributed by atoms with Crippen LogP contribution in [0.25, 0.3) is 11.5 Å². The van der Waals surface area contributed by atoms with Gasteiger partial charge in [0.1, 0.15) is 11.5 Å². The number of likely N-dealkylation sites (tertiary alicyclic amines) is 1. The summed E-state index contributed by atoms with van der Waals surface area (Å²) in [7, 11) is 0. The highest BCUT2D eigenvalue weighted by atomic mass is 79.9. The minimum atomic E-state index is -0.307. The average Bonchev–Trinajstić information content (AvgIpc) is 3.24. The van der Waals surface area contributed by atoms with Gasteiger partial charge in [0.2, 0.25) is 11.8 Å². The zero-order valence-electron chi connectivity index (χ0n) is 14.0. The number of hydrogen-bond donors (Lipinski definition) is 1. The van der Waals surface area contributed by atoms with Gasteiger partial charge in [0.15, 0.2) is 0 Å². The summed E-state index contributed by atoms with van der Waals surface area (Å²) >= 11 is 3.53. The maximum Gasteiger partial charge on any atom is 0.237 e. The van der Waals surface area contributed by atoms with Gasteiger partial charge in [-0.25, -0.2) is 4.98 Å². The monoisotopic (exact) mass is 405 g/mol. The van der Waals surface area contributed by atoms with Gasteiger partial charge >= 0.3 is 0 Å². The largest absolute Gasteiger partial charge is 0.439 e. The highest BCUT2D eigenvalue weighted by Gasteiger charge is 2.31. The van der Waals surface area contributed by atoms with E-state index in [-0.39, 0.29) is 12.0 Å². The lowest BCUT2D eigenvalue weighted by Gasteiger charge is -2.20. The molecule has 0 unspecified atom stereocenters. The number of carbonyl (C=O) groups is 1. The SMILES string of the molecule is Cc1c(Br)cccc1-c1nc2c(o1)CN(C(=O)CN1CC[C@H](O)C1)C2. The molecule has 1 amide bonds. The molecular formula is C18H20BrN3O3. The maximum absolute atomic E-state index is 12.5. The fourth-order valence-corrected chi connectivity index (χ4v) is 3.78. The second kappa shape index (κ2) is 6.55. The lowest BCUT2D eigenvalue weighted by atomic mass is 10.1. The molecule has 6 nitrogen and oxygen atoms in total. The molecule has 2 aromatic rings. The first-order valence-corrected chi connectivity index (χ1v) is 9.23. The molecule has 1 aromatic heterocycles. The number of aliphatic hydroxyl groups is 1. The number of halogens is 1. The molecule has 7 heteroatoms. The van der Waals surface area contributed by atoms with Crippen LogP contribution in [-0.2, 0) is 17.9 Å². The van der Waals surface area contributed by atoms with Crippen molar-refractivity contribution in [1.82, 2.24) is 14.8 Å². The minimum absolute atomic E-state index is 0.0579. The Bertz CT molecular complexity index is 796. The molecule has 1 N–H and O–H groups in total. The van der Waals surface area contributed by atoms with Crippen molar-refractivity contribution in [2.24, 2.45) is 0 Å². The van der Waals surface area contributed by atoms with Crippen LogP contribution in [-0.4, -0.2) is 51.5 Å². The quantitative estimate of drug-likeness (QED) is 0.848. The van der Waals surface area contributed by atoms with Crippen LogP contribution in [0.4, 0.5) is 0 Å². The topological polar surface area (TPSA) is 69.8 Å². The molecule has 1 fully saturated rings. The first kappa shape index (κ1) is 16.8. The maximum atomic E-state index is 12.5. The van der Waals surface area contributed by atoms with Crippen LogP contribution in [0, 0.1) is 6.92 Å². The summed E-state index contributed by atoms with van der Waals surface area (Å²) in [5, 5.41) is 9.57. The van der Waals surface area contributed by atoms with Crippen LogP contribution < -0.4 is 0 Å². The Balaban J connectivity index is 1.45. The van der Waals surface area contributed by atoms with E-state index < -0.39 is 0 Å². The van der Waals surface area contributed by atoms with Gasteiger partial charge in [0.05, 0.1) is 25.7 Å². The Labute approximate surface area is 154 Å². The Hall–Kier alpha value is -1.70. The van der Waals surface area contributed by atoms with Gasteiger partial charge in [-0.15, -0.1) is 0 Å². The zero-order chi connectivity index (χ0) is 17.6. The third-order valence-electron chi connectivity index (χ3n) is 4.91. The van der Waals surface area contributed by atoms with Gasteiger partial charge in [-0.3, -0.25) is 9.69 Å². The number of fused-ring (bicyclic) bond motifs is 1. The summed E-state index contributed by atoms with van der Waals surface area (Å²) in [4.78, 5) is 20.8. The molecule has 0 radical (unpaired) electrons. The summed E-state index contributed by atoms with van der Waals surface area (Å²) in [5.41, 5.74) is 2.89. The zero-order valence-corrected chi connectivity index (χ0v) is 15.6. The fourth-order valence-electron chi connectivity index (χ4n) is 3.42. The molecule has 25 heavy (non-hydrogen) atoms. The summed E-state index contributed by atoms with van der Waals surface area (Å²) in [5.74, 6) is 1.44. The Kier molecular flexibility index (Phi) is 4.39. The fraction of sp³-hybridized carbons (Fsp3) is 0.444. The standard InChI is InChI=1S/C18H20BrN3O3/c1-11-13(3-2-4-14(11)19)18-20-15-8-22(9-16(15)25-18)17(24)10-21-6-5-12(23)7-21/h2-4,12,23H,5-10H2,1H3/t12-/m0/s1. The number of benzene rings is 1. The number of oxazole rings is 1. The number of amides is 1. The van der Waals surface area contributed by atoms with Crippen molar-refractivity contribution in [2.45, 2.75) is 32.5 Å². The Morgan fingerprint density at radius 3 is 3.00 bits per heavy atom. The average molecular weight is 406 g/mol. The number of hydrogen-bond acceptors (Lipinski definition) is 5. The summed E-state index contributed by atoms with van der Waals surface area (Å²) in [6.45, 7) is 4.67. The number of carbonyl (C=O) groups excluding carboxylic acids is 1. The van der Waals surface area contributed by atoms with Gasteiger partial charge in [-0.2, -0.15) is 0 Å². The molecule has 2 aliphatic rings. The predicted molar refractivity (Wildman–Crippen MR) is 95.7 cm³/mol. The normalized spacial score (nSPS) is 20.3. The van der Waals surface area contributed by atoms with Gasteiger partial charge in [-0.05, 0) is 31.0 Å². The van der Waals surface area contributed by atoms with Crippen molar-refractivity contribution in [2.75, 3.05) is 19.6 Å². The van der Waals surface area contributed by atoms with E-state index in [1.807, 2.05) is 30.0 Å². The van der Waals surface area contributed by atoms with E-state index in [0.717, 1.165) is 40.0 Å². The van der Waals surface area contributed by atoms with Gasteiger partial charge < -0.3 is 14.4 Å². The number of nitrogens with zero attached hydrogens (tertiary/aromatic N) is 3. The van der Waals surface area contributed by atoms with Crippen LogP contribution in [0.15, 0.2) is 27.1 Å². The summed E-state index contributed by atoms with van der Waals surface area (Å²) in [6.07, 6.45) is 0.434. The molecule has 3 heterocycles. The molecule has 1 saturated heterocycles. The van der Waals surface area contributed by atoms with Crippen LogP contribution in [0.5, 0.6) is 0 Å². The molecule has 0 bridgehead atoms. The smallest absolute Gasteiger partial charge is 0.237 e.